The number of nitrogens with zero attached hydrogens (tertiary/aromatic N) is 2. The van der Waals surface area contributed by atoms with Crippen LogP contribution in [0.1, 0.15) is 26.3 Å². The van der Waals surface area contributed by atoms with Gasteiger partial charge in [0.05, 0.1) is 22.2 Å². The summed E-state index contributed by atoms with van der Waals surface area (Å²) >= 11 is 6.21. The van der Waals surface area contributed by atoms with Crippen molar-refractivity contribution in [3.05, 3.63) is 65.4 Å². The van der Waals surface area contributed by atoms with Crippen LogP contribution in [0.5, 0.6) is 0 Å². The lowest BCUT2D eigenvalue weighted by Crippen LogP contribution is -2.54. The highest BCUT2D eigenvalue weighted by Gasteiger charge is 2.48. The first-order valence-electron chi connectivity index (χ1n) is 10.1. The lowest BCUT2D eigenvalue weighted by molar-refractivity contribution is -0.121. The molecule has 162 valence electrons. The topological polar surface area (TPSA) is 79.4 Å². The monoisotopic (exact) mass is 457 g/mol. The third-order valence-electron chi connectivity index (χ3n) is 5.63. The highest BCUT2D eigenvalue weighted by atomic mass is 35.5. The van der Waals surface area contributed by atoms with Crippen LogP contribution in [0.25, 0.3) is 10.8 Å². The van der Waals surface area contributed by atoms with Crippen molar-refractivity contribution in [3.63, 3.8) is 0 Å². The Morgan fingerprint density at radius 1 is 1.23 bits per heavy atom. The van der Waals surface area contributed by atoms with Crippen molar-refractivity contribution in [1.29, 1.82) is 0 Å². The fourth-order valence-electron chi connectivity index (χ4n) is 4.06. The number of rotatable bonds is 4. The van der Waals surface area contributed by atoms with E-state index in [1.807, 2.05) is 38.1 Å². The fraction of sp³-hybridized carbons (Fsp3) is 0.304. The van der Waals surface area contributed by atoms with Crippen LogP contribution in [0.15, 0.2) is 59.8 Å². The zero-order chi connectivity index (χ0) is 22.4. The second-order valence-corrected chi connectivity index (χ2v) is 10.9. The number of carbonyl (C=O) groups excluding carboxylic acids is 1. The number of hydrogen-bond donors (Lipinski definition) is 1. The Bertz CT molecular complexity index is 1270. The fourth-order valence-corrected chi connectivity index (χ4v) is 6.24. The quantitative estimate of drug-likeness (QED) is 0.627. The van der Waals surface area contributed by atoms with Gasteiger partial charge in [0.1, 0.15) is 0 Å². The van der Waals surface area contributed by atoms with Crippen LogP contribution in [0, 0.1) is 5.92 Å². The smallest absolute Gasteiger partial charge is 0.243 e. The predicted octanol–water partition coefficient (Wildman–Crippen LogP) is 4.44. The first-order chi connectivity index (χ1) is 14.6. The van der Waals surface area contributed by atoms with Gasteiger partial charge in [0.25, 0.3) is 0 Å². The second kappa shape index (κ2) is 7.89. The molecule has 2 heterocycles. The van der Waals surface area contributed by atoms with Crippen LogP contribution in [0.4, 0.5) is 5.69 Å². The van der Waals surface area contributed by atoms with E-state index in [2.05, 4.69) is 10.3 Å². The van der Waals surface area contributed by atoms with E-state index < -0.39 is 15.4 Å². The number of amides is 1. The third kappa shape index (κ3) is 3.82. The van der Waals surface area contributed by atoms with Crippen molar-refractivity contribution in [2.45, 2.75) is 31.1 Å². The maximum Gasteiger partial charge on any atom is 0.243 e. The maximum absolute atomic E-state index is 13.6. The summed E-state index contributed by atoms with van der Waals surface area (Å²) in [5.41, 5.74) is -0.139. The molecule has 0 spiro atoms. The minimum Gasteiger partial charge on any atom is -0.323 e. The van der Waals surface area contributed by atoms with E-state index in [9.17, 15) is 13.2 Å². The number of benzene rings is 2. The van der Waals surface area contributed by atoms with Crippen LogP contribution in [0.2, 0.25) is 5.02 Å². The molecule has 0 fully saturated rings. The van der Waals surface area contributed by atoms with Gasteiger partial charge in [0.15, 0.2) is 0 Å². The molecule has 1 atom stereocenters. The van der Waals surface area contributed by atoms with Crippen LogP contribution in [-0.4, -0.2) is 36.7 Å². The van der Waals surface area contributed by atoms with Gasteiger partial charge in [-0.2, -0.15) is 4.31 Å². The molecule has 1 amide bonds. The number of fused-ring (bicyclic) bond motifs is 2. The molecule has 6 nitrogen and oxygen atoms in total. The van der Waals surface area contributed by atoms with Crippen LogP contribution in [-0.2, 0) is 20.2 Å². The number of halogens is 1. The molecular formula is C23H24ClN3O3S. The standard InChI is InChI=1S/C23H24ClN3O3S/c1-15(2)13-27-14-23(3,19-10-17(24)8-9-21(19)31(27,29)30)22(28)26-20-12-25-11-16-6-4-5-7-18(16)20/h4-12,15H,13-14H2,1-3H3,(H,26,28). The lowest BCUT2D eigenvalue weighted by Gasteiger charge is -2.40. The first kappa shape index (κ1) is 21.7. The van der Waals surface area contributed by atoms with E-state index in [0.29, 0.717) is 22.8 Å². The summed E-state index contributed by atoms with van der Waals surface area (Å²) in [4.78, 5) is 18.0. The molecule has 1 N–H and O–H groups in total. The molecule has 3 aromatic rings. The van der Waals surface area contributed by atoms with Crippen molar-refractivity contribution < 1.29 is 13.2 Å². The molecule has 0 saturated heterocycles. The Kier molecular flexibility index (Phi) is 5.54. The molecule has 0 bridgehead atoms. The molecule has 0 aliphatic carbocycles. The van der Waals surface area contributed by atoms with Crippen molar-refractivity contribution in [2.75, 3.05) is 18.4 Å². The van der Waals surface area contributed by atoms with Gasteiger partial charge in [-0.1, -0.05) is 49.7 Å². The van der Waals surface area contributed by atoms with Crippen molar-refractivity contribution >= 4 is 44.0 Å². The molecule has 31 heavy (non-hydrogen) atoms. The molecule has 1 aliphatic heterocycles. The highest BCUT2D eigenvalue weighted by molar-refractivity contribution is 7.89. The molecule has 1 aliphatic rings. The van der Waals surface area contributed by atoms with E-state index in [1.165, 1.54) is 10.4 Å². The molecule has 1 aromatic heterocycles. The third-order valence-corrected chi connectivity index (χ3v) is 7.74. The van der Waals surface area contributed by atoms with Gasteiger partial charge >= 0.3 is 0 Å². The second-order valence-electron chi connectivity index (χ2n) is 8.53. The minimum atomic E-state index is -3.72. The van der Waals surface area contributed by atoms with Gasteiger partial charge in [0, 0.05) is 35.1 Å². The summed E-state index contributed by atoms with van der Waals surface area (Å²) in [6.45, 7) is 6.02. The minimum absolute atomic E-state index is 0.0326. The Morgan fingerprint density at radius 3 is 2.71 bits per heavy atom. The summed E-state index contributed by atoms with van der Waals surface area (Å²) in [5, 5.41) is 5.15. The number of nitrogens with one attached hydrogen (secondary N) is 1. The van der Waals surface area contributed by atoms with Gasteiger partial charge in [-0.05, 0) is 36.6 Å². The summed E-state index contributed by atoms with van der Waals surface area (Å²) in [5.74, 6) is -0.198. The molecule has 0 radical (unpaired) electrons. The number of pyridine rings is 1. The number of carbonyl (C=O) groups is 1. The largest absolute Gasteiger partial charge is 0.323 e. The Morgan fingerprint density at radius 2 is 1.97 bits per heavy atom. The van der Waals surface area contributed by atoms with E-state index in [4.69, 9.17) is 11.6 Å². The van der Waals surface area contributed by atoms with E-state index >= 15 is 0 Å². The SMILES string of the molecule is CC(C)CN1CC(C)(C(=O)Nc2cncc3ccccc23)c2cc(Cl)ccc2S1(=O)=O. The van der Waals surface area contributed by atoms with Crippen LogP contribution in [0.3, 0.4) is 0 Å². The van der Waals surface area contributed by atoms with Gasteiger partial charge in [-0.15, -0.1) is 0 Å². The number of sulfonamides is 1. The Balaban J connectivity index is 1.81. The summed E-state index contributed by atoms with van der Waals surface area (Å²) in [6.07, 6.45) is 3.34. The lowest BCUT2D eigenvalue weighted by atomic mass is 9.80. The Hall–Kier alpha value is -2.48. The maximum atomic E-state index is 13.6. The number of hydrogen-bond acceptors (Lipinski definition) is 4. The molecule has 0 saturated carbocycles. The van der Waals surface area contributed by atoms with Crippen molar-refractivity contribution in [1.82, 2.24) is 9.29 Å². The zero-order valence-electron chi connectivity index (χ0n) is 17.6. The number of aromatic nitrogens is 1. The zero-order valence-corrected chi connectivity index (χ0v) is 19.2. The van der Waals surface area contributed by atoms with E-state index in [0.717, 1.165) is 10.8 Å². The molecular weight excluding hydrogens is 434 g/mol. The van der Waals surface area contributed by atoms with E-state index in [-0.39, 0.29) is 23.3 Å². The van der Waals surface area contributed by atoms with Crippen molar-refractivity contribution in [3.8, 4) is 0 Å². The van der Waals surface area contributed by atoms with Crippen LogP contribution >= 0.6 is 11.6 Å². The van der Waals surface area contributed by atoms with E-state index in [1.54, 1.807) is 31.5 Å². The van der Waals surface area contributed by atoms with Crippen LogP contribution < -0.4 is 5.32 Å². The normalized spacial score (nSPS) is 20.5. The van der Waals surface area contributed by atoms with Gasteiger partial charge in [-0.3, -0.25) is 9.78 Å². The van der Waals surface area contributed by atoms with Crippen molar-refractivity contribution in [2.24, 2.45) is 5.92 Å². The summed E-state index contributed by atoms with van der Waals surface area (Å²) in [7, 11) is -3.72. The molecule has 4 rings (SSSR count). The predicted molar refractivity (Wildman–Crippen MR) is 123 cm³/mol. The first-order valence-corrected chi connectivity index (χ1v) is 11.9. The molecule has 1 unspecified atom stereocenters. The molecule has 8 heteroatoms. The summed E-state index contributed by atoms with van der Waals surface area (Å²) < 4.78 is 27.9. The average molecular weight is 458 g/mol. The van der Waals surface area contributed by atoms with Gasteiger partial charge in [0.2, 0.25) is 15.9 Å². The van der Waals surface area contributed by atoms with Gasteiger partial charge in [-0.25, -0.2) is 8.42 Å². The summed E-state index contributed by atoms with van der Waals surface area (Å²) in [6, 6.07) is 12.3. The van der Waals surface area contributed by atoms with Gasteiger partial charge < -0.3 is 5.32 Å². The number of anilines is 1. The average Bonchev–Trinajstić information content (AvgIpc) is 2.72. The Labute approximate surface area is 187 Å². The highest BCUT2D eigenvalue weighted by Crippen LogP contribution is 2.40. The molecule has 2 aromatic carbocycles.